The Bertz CT molecular complexity index is 846. The molecule has 1 N–H and O–H groups in total. The van der Waals surface area contributed by atoms with Gasteiger partial charge in [-0.05, 0) is 46.9 Å². The molecule has 3 rings (SSSR count). The van der Waals surface area contributed by atoms with Crippen molar-refractivity contribution in [1.82, 2.24) is 4.98 Å². The van der Waals surface area contributed by atoms with E-state index in [1.807, 2.05) is 24.3 Å². The van der Waals surface area contributed by atoms with Crippen molar-refractivity contribution in [2.24, 2.45) is 0 Å². The predicted octanol–water partition coefficient (Wildman–Crippen LogP) is 4.17. The van der Waals surface area contributed by atoms with Gasteiger partial charge in [-0.2, -0.15) is 0 Å². The van der Waals surface area contributed by atoms with Crippen LogP contribution < -0.4 is 14.8 Å². The van der Waals surface area contributed by atoms with Crippen LogP contribution in [-0.4, -0.2) is 25.1 Å². The molecular weight excluding hydrogens is 427 g/mol. The molecule has 7 heteroatoms. The van der Waals surface area contributed by atoms with Crippen molar-refractivity contribution in [3.05, 3.63) is 45.5 Å². The van der Waals surface area contributed by atoms with Crippen molar-refractivity contribution in [2.75, 3.05) is 19.5 Å². The number of thiazole rings is 1. The van der Waals surface area contributed by atoms with Gasteiger partial charge in [0.1, 0.15) is 0 Å². The van der Waals surface area contributed by atoms with Gasteiger partial charge in [-0.25, -0.2) is 4.98 Å². The number of carbonyl (C=O) groups is 1. The maximum Gasteiger partial charge on any atom is 0.258 e. The lowest BCUT2D eigenvalue weighted by molar-refractivity contribution is 0.102. The lowest BCUT2D eigenvalue weighted by atomic mass is 10.2. The van der Waals surface area contributed by atoms with Gasteiger partial charge in [0.25, 0.3) is 5.91 Å². The monoisotopic (exact) mass is 440 g/mol. The predicted molar refractivity (Wildman–Crippen MR) is 99.8 cm³/mol. The zero-order valence-electron chi connectivity index (χ0n) is 12.4. The second kappa shape index (κ2) is 6.71. The summed E-state index contributed by atoms with van der Waals surface area (Å²) >= 11 is 3.54. The summed E-state index contributed by atoms with van der Waals surface area (Å²) < 4.78 is 12.3. The number of halogens is 1. The smallest absolute Gasteiger partial charge is 0.258 e. The van der Waals surface area contributed by atoms with E-state index < -0.39 is 0 Å². The van der Waals surface area contributed by atoms with E-state index in [0.29, 0.717) is 22.2 Å². The molecule has 2 aromatic carbocycles. The fourth-order valence-corrected chi connectivity index (χ4v) is 3.66. The van der Waals surface area contributed by atoms with Crippen molar-refractivity contribution in [1.29, 1.82) is 0 Å². The molecule has 0 aliphatic heterocycles. The van der Waals surface area contributed by atoms with Gasteiger partial charge in [0, 0.05) is 3.57 Å². The van der Waals surface area contributed by atoms with E-state index in [4.69, 9.17) is 9.47 Å². The highest BCUT2D eigenvalue weighted by atomic mass is 127. The molecule has 3 aromatic rings. The first-order valence-corrected chi connectivity index (χ1v) is 8.60. The molecule has 1 heterocycles. The van der Waals surface area contributed by atoms with Gasteiger partial charge >= 0.3 is 0 Å². The molecule has 0 atom stereocenters. The minimum atomic E-state index is -0.227. The van der Waals surface area contributed by atoms with Crippen molar-refractivity contribution >= 4 is 55.2 Å². The number of hydrogen-bond donors (Lipinski definition) is 1. The van der Waals surface area contributed by atoms with E-state index in [1.54, 1.807) is 26.4 Å². The number of aromatic nitrogens is 1. The van der Waals surface area contributed by atoms with Crippen LogP contribution in [0.4, 0.5) is 5.13 Å². The average molecular weight is 440 g/mol. The Kier molecular flexibility index (Phi) is 4.67. The lowest BCUT2D eigenvalue weighted by Crippen LogP contribution is -2.13. The molecule has 0 aliphatic rings. The molecule has 0 spiro atoms. The molecule has 0 saturated carbocycles. The van der Waals surface area contributed by atoms with Crippen LogP contribution in [0.3, 0.4) is 0 Å². The quantitative estimate of drug-likeness (QED) is 0.619. The van der Waals surface area contributed by atoms with Crippen molar-refractivity contribution in [3.8, 4) is 11.5 Å². The second-order valence-corrected chi connectivity index (χ2v) is 6.82. The fourth-order valence-electron chi connectivity index (χ4n) is 2.12. The Morgan fingerprint density at radius 1 is 1.17 bits per heavy atom. The van der Waals surface area contributed by atoms with E-state index in [2.05, 4.69) is 32.9 Å². The molecule has 0 aliphatic carbocycles. The van der Waals surface area contributed by atoms with Crippen LogP contribution in [0.2, 0.25) is 0 Å². The lowest BCUT2D eigenvalue weighted by Gasteiger charge is -2.11. The third kappa shape index (κ3) is 3.25. The molecule has 0 radical (unpaired) electrons. The standard InChI is InChI=1S/C16H13IN2O3S/c1-21-12-7-9(10(17)8-13(12)22-2)15(20)19-16-18-11-5-3-4-6-14(11)23-16/h3-8H,1-2H3,(H,18,19,20). The van der Waals surface area contributed by atoms with Crippen LogP contribution in [0.15, 0.2) is 36.4 Å². The normalized spacial score (nSPS) is 10.6. The minimum Gasteiger partial charge on any atom is -0.493 e. The van der Waals surface area contributed by atoms with E-state index in [-0.39, 0.29) is 5.91 Å². The van der Waals surface area contributed by atoms with Crippen molar-refractivity contribution < 1.29 is 14.3 Å². The van der Waals surface area contributed by atoms with Crippen molar-refractivity contribution in [3.63, 3.8) is 0 Å². The summed E-state index contributed by atoms with van der Waals surface area (Å²) in [6, 6.07) is 11.2. The van der Waals surface area contributed by atoms with Crippen LogP contribution in [-0.2, 0) is 0 Å². The zero-order valence-corrected chi connectivity index (χ0v) is 15.4. The minimum absolute atomic E-state index is 0.227. The number of nitrogens with zero attached hydrogens (tertiary/aromatic N) is 1. The largest absolute Gasteiger partial charge is 0.493 e. The van der Waals surface area contributed by atoms with Gasteiger partial charge in [0.2, 0.25) is 0 Å². The molecule has 0 saturated heterocycles. The van der Waals surface area contributed by atoms with Gasteiger partial charge in [-0.15, -0.1) is 0 Å². The first-order chi connectivity index (χ1) is 11.1. The molecule has 118 valence electrons. The third-order valence-corrected chi connectivity index (χ3v) is 5.08. The van der Waals surface area contributed by atoms with Gasteiger partial charge in [0.05, 0.1) is 30.0 Å². The fraction of sp³-hybridized carbons (Fsp3) is 0.125. The molecular formula is C16H13IN2O3S. The number of amides is 1. The summed E-state index contributed by atoms with van der Waals surface area (Å²) in [7, 11) is 3.11. The molecule has 0 bridgehead atoms. The Hall–Kier alpha value is -1.87. The third-order valence-electron chi connectivity index (χ3n) is 3.23. The number of rotatable bonds is 4. The van der Waals surface area contributed by atoms with E-state index in [1.165, 1.54) is 11.3 Å². The number of anilines is 1. The Morgan fingerprint density at radius 2 is 1.87 bits per heavy atom. The van der Waals surface area contributed by atoms with Gasteiger partial charge in [0.15, 0.2) is 16.6 Å². The van der Waals surface area contributed by atoms with Gasteiger partial charge < -0.3 is 9.47 Å². The number of carbonyl (C=O) groups excluding carboxylic acids is 1. The Balaban J connectivity index is 1.90. The molecule has 5 nitrogen and oxygen atoms in total. The summed E-state index contributed by atoms with van der Waals surface area (Å²) in [4.78, 5) is 16.9. The van der Waals surface area contributed by atoms with Gasteiger partial charge in [-0.3, -0.25) is 10.1 Å². The summed E-state index contributed by atoms with van der Waals surface area (Å²) in [6.45, 7) is 0. The first-order valence-electron chi connectivity index (χ1n) is 6.71. The number of para-hydroxylation sites is 1. The second-order valence-electron chi connectivity index (χ2n) is 4.63. The molecule has 23 heavy (non-hydrogen) atoms. The molecule has 1 amide bonds. The topological polar surface area (TPSA) is 60.5 Å². The highest BCUT2D eigenvalue weighted by Gasteiger charge is 2.17. The highest BCUT2D eigenvalue weighted by molar-refractivity contribution is 14.1. The Labute approximate surface area is 150 Å². The number of ether oxygens (including phenoxy) is 2. The summed E-state index contributed by atoms with van der Waals surface area (Å²) in [6.07, 6.45) is 0. The maximum absolute atomic E-state index is 12.5. The molecule has 0 fully saturated rings. The molecule has 0 unspecified atom stereocenters. The van der Waals surface area contributed by atoms with Crippen LogP contribution in [0.5, 0.6) is 11.5 Å². The van der Waals surface area contributed by atoms with Crippen LogP contribution in [0.25, 0.3) is 10.2 Å². The summed E-state index contributed by atoms with van der Waals surface area (Å²) in [5.41, 5.74) is 1.39. The number of benzene rings is 2. The zero-order chi connectivity index (χ0) is 16.4. The van der Waals surface area contributed by atoms with E-state index >= 15 is 0 Å². The van der Waals surface area contributed by atoms with Crippen LogP contribution in [0, 0.1) is 3.57 Å². The number of nitrogens with one attached hydrogen (secondary N) is 1. The maximum atomic E-state index is 12.5. The SMILES string of the molecule is COc1cc(I)c(C(=O)Nc2nc3ccccc3s2)cc1OC. The first kappa shape index (κ1) is 16.0. The van der Waals surface area contributed by atoms with Gasteiger partial charge in [-0.1, -0.05) is 23.5 Å². The summed E-state index contributed by atoms with van der Waals surface area (Å²) in [5.74, 6) is 0.880. The number of fused-ring (bicyclic) bond motifs is 1. The Morgan fingerprint density at radius 3 is 2.57 bits per heavy atom. The number of methoxy groups -OCH3 is 2. The number of hydrogen-bond acceptors (Lipinski definition) is 5. The van der Waals surface area contributed by atoms with Crippen molar-refractivity contribution in [2.45, 2.75) is 0 Å². The molecule has 1 aromatic heterocycles. The average Bonchev–Trinajstić information content (AvgIpc) is 2.96. The van der Waals surface area contributed by atoms with E-state index in [0.717, 1.165) is 13.8 Å². The summed E-state index contributed by atoms with van der Waals surface area (Å²) in [5, 5.41) is 3.42. The van der Waals surface area contributed by atoms with Crippen LogP contribution in [0.1, 0.15) is 10.4 Å². The highest BCUT2D eigenvalue weighted by Crippen LogP contribution is 2.32. The van der Waals surface area contributed by atoms with E-state index in [9.17, 15) is 4.79 Å². The van der Waals surface area contributed by atoms with Crippen LogP contribution >= 0.6 is 33.9 Å².